The van der Waals surface area contributed by atoms with Crippen LogP contribution in [0.1, 0.15) is 57.9 Å². The first kappa shape index (κ1) is 23.0. The first-order chi connectivity index (χ1) is 15.5. The Bertz CT molecular complexity index is 1100. The number of pyridine rings is 1. The average Bonchev–Trinajstić information content (AvgIpc) is 3.42. The highest BCUT2D eigenvalue weighted by Crippen LogP contribution is 2.35. The molecule has 170 valence electrons. The smallest absolute Gasteiger partial charge is 0.267 e. The van der Waals surface area contributed by atoms with Gasteiger partial charge in [-0.05, 0) is 43.4 Å². The lowest BCUT2D eigenvalue weighted by Crippen LogP contribution is -2.33. The van der Waals surface area contributed by atoms with Gasteiger partial charge in [-0.1, -0.05) is 63.2 Å². The molecular weight excluding hydrogens is 440 g/mol. The predicted molar refractivity (Wildman–Crippen MR) is 136 cm³/mol. The molecule has 1 unspecified atom stereocenters. The van der Waals surface area contributed by atoms with E-state index < -0.39 is 0 Å². The van der Waals surface area contributed by atoms with E-state index in [2.05, 4.69) is 18.7 Å². The van der Waals surface area contributed by atoms with Crippen molar-refractivity contribution >= 4 is 51.7 Å². The van der Waals surface area contributed by atoms with Crippen molar-refractivity contribution in [1.29, 1.82) is 0 Å². The summed E-state index contributed by atoms with van der Waals surface area (Å²) in [4.78, 5) is 35.8. The first-order valence-electron chi connectivity index (χ1n) is 11.5. The van der Waals surface area contributed by atoms with Gasteiger partial charge in [0.2, 0.25) is 0 Å². The van der Waals surface area contributed by atoms with Crippen LogP contribution in [0.15, 0.2) is 34.1 Å². The highest BCUT2D eigenvalue weighted by Gasteiger charge is 2.34. The minimum absolute atomic E-state index is 0.0973. The Balaban J connectivity index is 1.70. The number of hydrogen-bond acceptors (Lipinski definition) is 6. The van der Waals surface area contributed by atoms with E-state index in [0.717, 1.165) is 51.6 Å². The molecule has 4 rings (SSSR count). The zero-order chi connectivity index (χ0) is 22.7. The third-order valence-corrected chi connectivity index (χ3v) is 7.67. The van der Waals surface area contributed by atoms with Crippen LogP contribution in [0.5, 0.6) is 0 Å². The number of nitrogens with zero attached hydrogens (tertiary/aromatic N) is 4. The molecular formula is C24H30N4O2S2. The van der Waals surface area contributed by atoms with Crippen molar-refractivity contribution < 1.29 is 4.79 Å². The van der Waals surface area contributed by atoms with Crippen molar-refractivity contribution in [3.8, 4) is 0 Å². The van der Waals surface area contributed by atoms with E-state index in [1.807, 2.05) is 18.2 Å². The molecule has 0 aliphatic carbocycles. The molecule has 0 bridgehead atoms. The fraction of sp³-hybridized carbons (Fsp3) is 0.500. The van der Waals surface area contributed by atoms with E-state index in [9.17, 15) is 9.59 Å². The fourth-order valence-electron chi connectivity index (χ4n) is 4.35. The van der Waals surface area contributed by atoms with Crippen molar-refractivity contribution in [2.75, 3.05) is 24.5 Å². The van der Waals surface area contributed by atoms with Gasteiger partial charge in [-0.3, -0.25) is 18.9 Å². The quantitative estimate of drug-likeness (QED) is 0.411. The summed E-state index contributed by atoms with van der Waals surface area (Å²) in [6.07, 6.45) is 10.0. The molecule has 0 aromatic carbocycles. The summed E-state index contributed by atoms with van der Waals surface area (Å²) in [6.45, 7) is 6.73. The van der Waals surface area contributed by atoms with E-state index >= 15 is 0 Å². The van der Waals surface area contributed by atoms with Crippen LogP contribution in [0.25, 0.3) is 11.7 Å². The number of carbonyl (C=O) groups is 1. The average molecular weight is 471 g/mol. The number of unbranched alkanes of at least 4 members (excludes halogenated alkanes) is 1. The zero-order valence-corrected chi connectivity index (χ0v) is 20.4. The van der Waals surface area contributed by atoms with E-state index in [1.54, 1.807) is 21.6 Å². The summed E-state index contributed by atoms with van der Waals surface area (Å²) < 4.78 is 2.12. The molecule has 32 heavy (non-hydrogen) atoms. The second kappa shape index (κ2) is 10.2. The Morgan fingerprint density at radius 1 is 1.22 bits per heavy atom. The summed E-state index contributed by atoms with van der Waals surface area (Å²) in [5.41, 5.74) is 0.928. The van der Waals surface area contributed by atoms with E-state index in [-0.39, 0.29) is 11.5 Å². The monoisotopic (exact) mass is 470 g/mol. The van der Waals surface area contributed by atoms with Crippen molar-refractivity contribution in [1.82, 2.24) is 14.3 Å². The van der Waals surface area contributed by atoms with Crippen LogP contribution >= 0.6 is 24.0 Å². The Labute approximate surface area is 198 Å². The molecule has 2 aliphatic heterocycles. The maximum Gasteiger partial charge on any atom is 0.267 e. The third-order valence-electron chi connectivity index (χ3n) is 6.29. The Morgan fingerprint density at radius 3 is 2.72 bits per heavy atom. The van der Waals surface area contributed by atoms with Crippen LogP contribution in [-0.2, 0) is 4.79 Å². The van der Waals surface area contributed by atoms with Gasteiger partial charge in [0.1, 0.15) is 15.8 Å². The molecule has 0 radical (unpaired) electrons. The molecule has 8 heteroatoms. The van der Waals surface area contributed by atoms with Crippen LogP contribution in [0.4, 0.5) is 5.82 Å². The van der Waals surface area contributed by atoms with Crippen LogP contribution in [0.2, 0.25) is 0 Å². The van der Waals surface area contributed by atoms with Crippen molar-refractivity contribution in [3.63, 3.8) is 0 Å². The van der Waals surface area contributed by atoms with Gasteiger partial charge < -0.3 is 4.90 Å². The highest BCUT2D eigenvalue weighted by molar-refractivity contribution is 8.26. The number of aromatic nitrogens is 2. The van der Waals surface area contributed by atoms with Crippen LogP contribution < -0.4 is 10.5 Å². The minimum atomic E-state index is -0.155. The van der Waals surface area contributed by atoms with Gasteiger partial charge in [0.25, 0.3) is 11.5 Å². The maximum atomic E-state index is 13.4. The topological polar surface area (TPSA) is 57.9 Å². The molecule has 2 aliphatic rings. The molecule has 1 amide bonds. The SMILES string of the molecule is CCCCC(CC)CN1C(=O)C(=Cc2c(N3CCCC3)nc3ccccn3c2=O)SC1=S. The molecule has 4 heterocycles. The summed E-state index contributed by atoms with van der Waals surface area (Å²) in [5, 5.41) is 0. The molecule has 2 saturated heterocycles. The van der Waals surface area contributed by atoms with Crippen LogP contribution in [0.3, 0.4) is 0 Å². The third kappa shape index (κ3) is 4.62. The van der Waals surface area contributed by atoms with E-state index in [4.69, 9.17) is 17.2 Å². The molecule has 2 fully saturated rings. The number of carbonyl (C=O) groups excluding carboxylic acids is 1. The number of anilines is 1. The molecule has 0 N–H and O–H groups in total. The summed E-state index contributed by atoms with van der Waals surface area (Å²) >= 11 is 6.85. The van der Waals surface area contributed by atoms with Crippen LogP contribution in [0, 0.1) is 5.92 Å². The fourth-order valence-corrected chi connectivity index (χ4v) is 5.61. The molecule has 0 saturated carbocycles. The number of thioether (sulfide) groups is 1. The Kier molecular flexibility index (Phi) is 7.30. The van der Waals surface area contributed by atoms with Crippen molar-refractivity contribution in [2.24, 2.45) is 5.92 Å². The van der Waals surface area contributed by atoms with Gasteiger partial charge in [0, 0.05) is 25.8 Å². The first-order valence-corrected chi connectivity index (χ1v) is 12.8. The molecule has 1 atom stereocenters. The summed E-state index contributed by atoms with van der Waals surface area (Å²) in [5.74, 6) is 1.00. The minimum Gasteiger partial charge on any atom is -0.356 e. The van der Waals surface area contributed by atoms with Crippen molar-refractivity contribution in [2.45, 2.75) is 52.4 Å². The maximum absolute atomic E-state index is 13.4. The number of fused-ring (bicyclic) bond motifs is 1. The number of amides is 1. The molecule has 2 aromatic heterocycles. The Hall–Kier alpha value is -2.19. The number of thiocarbonyl (C=S) groups is 1. The predicted octanol–water partition coefficient (Wildman–Crippen LogP) is 4.71. The molecule has 2 aromatic rings. The standard InChI is InChI=1S/C24H30N4O2S2/c1-3-5-10-17(4-2)16-28-23(30)19(32-24(28)31)15-18-21(26-12-8-9-13-26)25-20-11-6-7-14-27(20)22(18)29/h6-7,11,14-15,17H,3-5,8-10,12-13,16H2,1-2H3. The van der Waals surface area contributed by atoms with Gasteiger partial charge in [0.05, 0.1) is 10.5 Å². The second-order valence-electron chi connectivity index (χ2n) is 8.49. The molecule has 6 nitrogen and oxygen atoms in total. The van der Waals surface area contributed by atoms with E-state index in [1.165, 1.54) is 11.8 Å². The Morgan fingerprint density at radius 2 is 2.00 bits per heavy atom. The number of rotatable bonds is 8. The van der Waals surface area contributed by atoms with Crippen LogP contribution in [-0.4, -0.2) is 44.1 Å². The highest BCUT2D eigenvalue weighted by atomic mass is 32.2. The largest absolute Gasteiger partial charge is 0.356 e. The second-order valence-corrected chi connectivity index (χ2v) is 10.2. The van der Waals surface area contributed by atoms with E-state index in [0.29, 0.717) is 38.7 Å². The normalized spacial score (nSPS) is 19.0. The summed E-state index contributed by atoms with van der Waals surface area (Å²) in [7, 11) is 0. The van der Waals surface area contributed by atoms with Gasteiger partial charge in [-0.15, -0.1) is 0 Å². The lowest BCUT2D eigenvalue weighted by molar-refractivity contribution is -0.122. The van der Waals surface area contributed by atoms with Crippen molar-refractivity contribution in [3.05, 3.63) is 45.2 Å². The molecule has 0 spiro atoms. The summed E-state index contributed by atoms with van der Waals surface area (Å²) in [6, 6.07) is 5.53. The lowest BCUT2D eigenvalue weighted by atomic mass is 9.99. The zero-order valence-electron chi connectivity index (χ0n) is 18.7. The van der Waals surface area contributed by atoms with Gasteiger partial charge in [0.15, 0.2) is 0 Å². The van der Waals surface area contributed by atoms with Gasteiger partial charge >= 0.3 is 0 Å². The van der Waals surface area contributed by atoms with Gasteiger partial charge in [-0.2, -0.15) is 0 Å². The van der Waals surface area contributed by atoms with Gasteiger partial charge in [-0.25, -0.2) is 4.98 Å². The lowest BCUT2D eigenvalue weighted by Gasteiger charge is -2.22. The number of hydrogen-bond donors (Lipinski definition) is 0.